The number of carbonyl (C=O) groups is 1. The highest BCUT2D eigenvalue weighted by atomic mass is 79.9. The Morgan fingerprint density at radius 3 is 2.82 bits per heavy atom. The van der Waals surface area contributed by atoms with Gasteiger partial charge in [-0.3, -0.25) is 4.79 Å². The highest BCUT2D eigenvalue weighted by Gasteiger charge is 2.11. The monoisotopic (exact) mass is 299 g/mol. The van der Waals surface area contributed by atoms with Crippen molar-refractivity contribution in [2.75, 3.05) is 20.3 Å². The van der Waals surface area contributed by atoms with Gasteiger partial charge in [0.2, 0.25) is 0 Å². The summed E-state index contributed by atoms with van der Waals surface area (Å²) < 4.78 is 4.99. The van der Waals surface area contributed by atoms with E-state index < -0.39 is 0 Å². The molecule has 4 heteroatoms. The SMILES string of the molecule is COCC(Br)CNC(=O)c1cccc(C)c1C. The minimum atomic E-state index is -0.0354. The first kappa shape index (κ1) is 14.2. The molecule has 0 aromatic heterocycles. The Bertz CT molecular complexity index is 393. The Balaban J connectivity index is 2.61. The van der Waals surface area contributed by atoms with E-state index >= 15 is 0 Å². The molecule has 0 spiro atoms. The fraction of sp³-hybridized carbons (Fsp3) is 0.462. The van der Waals surface area contributed by atoms with E-state index in [2.05, 4.69) is 21.2 Å². The highest BCUT2D eigenvalue weighted by molar-refractivity contribution is 9.09. The summed E-state index contributed by atoms with van der Waals surface area (Å²) in [5.41, 5.74) is 2.90. The van der Waals surface area contributed by atoms with Gasteiger partial charge in [0, 0.05) is 19.2 Å². The van der Waals surface area contributed by atoms with Gasteiger partial charge >= 0.3 is 0 Å². The van der Waals surface area contributed by atoms with Crippen molar-refractivity contribution in [1.82, 2.24) is 5.32 Å². The lowest BCUT2D eigenvalue weighted by Crippen LogP contribution is -2.31. The molecular formula is C13H18BrNO2. The van der Waals surface area contributed by atoms with Crippen LogP contribution >= 0.6 is 15.9 Å². The zero-order chi connectivity index (χ0) is 12.8. The summed E-state index contributed by atoms with van der Waals surface area (Å²) in [4.78, 5) is 12.1. The Morgan fingerprint density at radius 1 is 1.47 bits per heavy atom. The number of carbonyl (C=O) groups excluding carboxylic acids is 1. The second-order valence-corrected chi connectivity index (χ2v) is 5.31. The van der Waals surface area contributed by atoms with E-state index in [1.165, 1.54) is 0 Å². The number of amides is 1. The van der Waals surface area contributed by atoms with Crippen molar-refractivity contribution in [3.8, 4) is 0 Å². The largest absolute Gasteiger partial charge is 0.383 e. The van der Waals surface area contributed by atoms with Crippen molar-refractivity contribution in [3.63, 3.8) is 0 Å². The molecule has 1 N–H and O–H groups in total. The van der Waals surface area contributed by atoms with E-state index in [9.17, 15) is 4.79 Å². The summed E-state index contributed by atoms with van der Waals surface area (Å²) in [6.45, 7) is 5.10. The zero-order valence-corrected chi connectivity index (χ0v) is 12.0. The third kappa shape index (κ3) is 4.13. The molecule has 17 heavy (non-hydrogen) atoms. The molecule has 0 saturated heterocycles. The van der Waals surface area contributed by atoms with Crippen molar-refractivity contribution in [2.45, 2.75) is 18.7 Å². The number of nitrogens with one attached hydrogen (secondary N) is 1. The molecule has 1 aromatic rings. The van der Waals surface area contributed by atoms with E-state index in [-0.39, 0.29) is 10.7 Å². The predicted octanol–water partition coefficient (Wildman–Crippen LogP) is 2.44. The van der Waals surface area contributed by atoms with E-state index in [4.69, 9.17) is 4.74 Å². The van der Waals surface area contributed by atoms with Gasteiger partial charge in [0.25, 0.3) is 5.91 Å². The zero-order valence-electron chi connectivity index (χ0n) is 10.4. The number of rotatable bonds is 5. The maximum absolute atomic E-state index is 12.0. The van der Waals surface area contributed by atoms with Crippen LogP contribution in [0.4, 0.5) is 0 Å². The van der Waals surface area contributed by atoms with Crippen molar-refractivity contribution in [3.05, 3.63) is 34.9 Å². The van der Waals surface area contributed by atoms with Gasteiger partial charge in [-0.1, -0.05) is 28.1 Å². The molecule has 0 aliphatic rings. The molecule has 3 nitrogen and oxygen atoms in total. The quantitative estimate of drug-likeness (QED) is 0.848. The second kappa shape index (κ2) is 6.77. The van der Waals surface area contributed by atoms with Crippen LogP contribution in [0.3, 0.4) is 0 Å². The van der Waals surface area contributed by atoms with E-state index in [0.717, 1.165) is 16.7 Å². The van der Waals surface area contributed by atoms with E-state index in [1.54, 1.807) is 7.11 Å². The van der Waals surface area contributed by atoms with Crippen molar-refractivity contribution in [2.24, 2.45) is 0 Å². The minimum Gasteiger partial charge on any atom is -0.383 e. The van der Waals surface area contributed by atoms with Crippen molar-refractivity contribution < 1.29 is 9.53 Å². The molecule has 0 aliphatic heterocycles. The first-order valence-corrected chi connectivity index (χ1v) is 6.45. The van der Waals surface area contributed by atoms with Gasteiger partial charge in [0.1, 0.15) is 0 Å². The molecule has 1 unspecified atom stereocenters. The minimum absolute atomic E-state index is 0.0354. The molecule has 1 atom stereocenters. The molecular weight excluding hydrogens is 282 g/mol. The number of alkyl halides is 1. The average Bonchev–Trinajstić information content (AvgIpc) is 2.30. The van der Waals surface area contributed by atoms with Crippen LogP contribution < -0.4 is 5.32 Å². The molecule has 1 rings (SSSR count). The summed E-state index contributed by atoms with van der Waals surface area (Å²) in [5, 5.41) is 2.89. The Hall–Kier alpha value is -0.870. The maximum atomic E-state index is 12.0. The molecule has 0 saturated carbocycles. The van der Waals surface area contributed by atoms with Gasteiger partial charge in [-0.2, -0.15) is 0 Å². The van der Waals surface area contributed by atoms with Gasteiger partial charge in [0.05, 0.1) is 11.4 Å². The van der Waals surface area contributed by atoms with Crippen LogP contribution in [-0.4, -0.2) is 31.0 Å². The van der Waals surface area contributed by atoms with Crippen LogP contribution in [0, 0.1) is 13.8 Å². The fourth-order valence-corrected chi connectivity index (χ4v) is 1.96. The number of benzene rings is 1. The van der Waals surface area contributed by atoms with Crippen molar-refractivity contribution >= 4 is 21.8 Å². The number of hydrogen-bond acceptors (Lipinski definition) is 2. The van der Waals surface area contributed by atoms with Gasteiger partial charge < -0.3 is 10.1 Å². The number of hydrogen-bond donors (Lipinski definition) is 1. The van der Waals surface area contributed by atoms with Crippen LogP contribution in [0.25, 0.3) is 0 Å². The maximum Gasteiger partial charge on any atom is 0.251 e. The number of halogens is 1. The molecule has 94 valence electrons. The third-order valence-corrected chi connectivity index (χ3v) is 3.27. The number of methoxy groups -OCH3 is 1. The summed E-state index contributed by atoms with van der Waals surface area (Å²) in [5.74, 6) is -0.0354. The molecule has 0 heterocycles. The molecule has 1 aromatic carbocycles. The van der Waals surface area contributed by atoms with Gasteiger partial charge in [-0.15, -0.1) is 0 Å². The lowest BCUT2D eigenvalue weighted by atomic mass is 10.0. The third-order valence-electron chi connectivity index (χ3n) is 2.68. The van der Waals surface area contributed by atoms with Crippen LogP contribution in [0.1, 0.15) is 21.5 Å². The smallest absolute Gasteiger partial charge is 0.251 e. The van der Waals surface area contributed by atoms with Crippen LogP contribution in [0.5, 0.6) is 0 Å². The molecule has 1 amide bonds. The summed E-state index contributed by atoms with van der Waals surface area (Å²) in [6, 6.07) is 5.75. The molecule has 0 bridgehead atoms. The van der Waals surface area contributed by atoms with Crippen LogP contribution in [0.2, 0.25) is 0 Å². The van der Waals surface area contributed by atoms with Crippen molar-refractivity contribution in [1.29, 1.82) is 0 Å². The first-order chi connectivity index (χ1) is 8.06. The summed E-state index contributed by atoms with van der Waals surface area (Å²) in [7, 11) is 1.64. The van der Waals surface area contributed by atoms with Gasteiger partial charge in [0.15, 0.2) is 0 Å². The Labute approximate surface area is 111 Å². The lowest BCUT2D eigenvalue weighted by molar-refractivity contribution is 0.0949. The molecule has 0 radical (unpaired) electrons. The Morgan fingerprint density at radius 2 is 2.18 bits per heavy atom. The molecule has 0 fully saturated rings. The summed E-state index contributed by atoms with van der Waals surface area (Å²) >= 11 is 3.43. The highest BCUT2D eigenvalue weighted by Crippen LogP contribution is 2.12. The Kier molecular flexibility index (Phi) is 5.65. The average molecular weight is 300 g/mol. The fourth-order valence-electron chi connectivity index (χ4n) is 1.54. The van der Waals surface area contributed by atoms with Crippen LogP contribution in [0.15, 0.2) is 18.2 Å². The van der Waals surface area contributed by atoms with E-state index in [0.29, 0.717) is 13.2 Å². The van der Waals surface area contributed by atoms with Gasteiger partial charge in [-0.25, -0.2) is 0 Å². The second-order valence-electron chi connectivity index (χ2n) is 4.01. The molecule has 0 aliphatic carbocycles. The van der Waals surface area contributed by atoms with Crippen LogP contribution in [-0.2, 0) is 4.74 Å². The lowest BCUT2D eigenvalue weighted by Gasteiger charge is -2.12. The number of aryl methyl sites for hydroxylation is 1. The standard InChI is InChI=1S/C13H18BrNO2/c1-9-5-4-6-12(10(9)2)13(16)15-7-11(14)8-17-3/h4-6,11H,7-8H2,1-3H3,(H,15,16). The summed E-state index contributed by atoms with van der Waals surface area (Å²) in [6.07, 6.45) is 0. The number of ether oxygens (including phenoxy) is 1. The predicted molar refractivity (Wildman–Crippen MR) is 72.8 cm³/mol. The topological polar surface area (TPSA) is 38.3 Å². The first-order valence-electron chi connectivity index (χ1n) is 5.53. The normalized spacial score (nSPS) is 12.2. The van der Waals surface area contributed by atoms with E-state index in [1.807, 2.05) is 32.0 Å². The van der Waals surface area contributed by atoms with Gasteiger partial charge in [-0.05, 0) is 31.0 Å².